The minimum absolute atomic E-state index is 0.154. The third-order valence-electron chi connectivity index (χ3n) is 10.3. The first-order valence-corrected chi connectivity index (χ1v) is 18.6. The molecule has 3 rings (SSSR count). The Labute approximate surface area is 317 Å². The Bertz CT molecular complexity index is 1240. The number of hydrogen-bond acceptors (Lipinski definition) is 16. The molecule has 0 bridgehead atoms. The lowest BCUT2D eigenvalue weighted by molar-refractivity contribution is -0.363. The molecule has 3 fully saturated rings. The van der Waals surface area contributed by atoms with E-state index in [9.17, 15) is 51.1 Å². The van der Waals surface area contributed by atoms with Gasteiger partial charge in [0, 0.05) is 0 Å². The van der Waals surface area contributed by atoms with Crippen LogP contribution >= 0.6 is 0 Å². The van der Waals surface area contributed by atoms with Crippen molar-refractivity contribution < 1.29 is 79.5 Å². The first kappa shape index (κ1) is 46.7. The standard InChI is InChI=1S/C38H64O16/c1-7-38(6,54-37-33(48)30(45)34(25(18-40)52-37)53-36-32(47)28(43)26(41)23(5)50-36)16-10-15-21(3)12-8-11-20(2)13-9-14-22(4)19-49-35-31(46)29(44)27(42)24(17-39)51-35/h7,11,14-15,23-37,39-48H,1,8-10,12-13,16-19H2,2-6H3/b20-11+,21-15+,22-14-/t23-,24+,25+,26-,27+,28+,29-,30+,31+,32+,33+,34+,35+,36-,37-,38+/m0/s1. The maximum Gasteiger partial charge on any atom is 0.187 e. The lowest BCUT2D eigenvalue weighted by Gasteiger charge is -2.47. The van der Waals surface area contributed by atoms with Crippen LogP contribution in [0.25, 0.3) is 0 Å². The van der Waals surface area contributed by atoms with Gasteiger partial charge in [-0.05, 0) is 73.1 Å². The van der Waals surface area contributed by atoms with Crippen LogP contribution in [0.3, 0.4) is 0 Å². The van der Waals surface area contributed by atoms with Crippen molar-refractivity contribution in [3.8, 4) is 0 Å². The van der Waals surface area contributed by atoms with Crippen LogP contribution in [0.2, 0.25) is 0 Å². The number of aliphatic hydroxyl groups excluding tert-OH is 10. The van der Waals surface area contributed by atoms with Crippen LogP contribution in [0.4, 0.5) is 0 Å². The van der Waals surface area contributed by atoms with Crippen LogP contribution in [0.1, 0.15) is 73.1 Å². The summed E-state index contributed by atoms with van der Waals surface area (Å²) in [6, 6.07) is 0. The molecule has 0 radical (unpaired) electrons. The molecular formula is C38H64O16. The fourth-order valence-electron chi connectivity index (χ4n) is 6.45. The van der Waals surface area contributed by atoms with E-state index in [0.29, 0.717) is 12.8 Å². The molecule has 3 aliphatic rings. The van der Waals surface area contributed by atoms with Gasteiger partial charge in [-0.25, -0.2) is 0 Å². The minimum atomic E-state index is -1.66. The summed E-state index contributed by atoms with van der Waals surface area (Å²) in [6.07, 6.45) is -8.31. The normalized spacial score (nSPS) is 39.7. The van der Waals surface area contributed by atoms with Gasteiger partial charge in [0.25, 0.3) is 0 Å². The lowest BCUT2D eigenvalue weighted by atomic mass is 9.95. The zero-order valence-electron chi connectivity index (χ0n) is 32.0. The molecule has 3 saturated heterocycles. The molecule has 0 amide bonds. The highest BCUT2D eigenvalue weighted by Gasteiger charge is 2.51. The Morgan fingerprint density at radius 3 is 1.74 bits per heavy atom. The van der Waals surface area contributed by atoms with E-state index in [4.69, 9.17) is 28.4 Å². The molecule has 0 aliphatic carbocycles. The molecule has 3 aliphatic heterocycles. The highest BCUT2D eigenvalue weighted by atomic mass is 16.7. The van der Waals surface area contributed by atoms with E-state index in [1.54, 1.807) is 13.0 Å². The molecule has 54 heavy (non-hydrogen) atoms. The van der Waals surface area contributed by atoms with Crippen LogP contribution < -0.4 is 0 Å². The first-order valence-electron chi connectivity index (χ1n) is 18.6. The maximum absolute atomic E-state index is 11.0. The van der Waals surface area contributed by atoms with Crippen LogP contribution in [0.15, 0.2) is 47.6 Å². The number of ether oxygens (including phenoxy) is 6. The molecule has 0 saturated carbocycles. The van der Waals surface area contributed by atoms with Crippen molar-refractivity contribution in [3.05, 3.63) is 47.6 Å². The van der Waals surface area contributed by atoms with Gasteiger partial charge in [-0.15, -0.1) is 6.58 Å². The van der Waals surface area contributed by atoms with E-state index in [0.717, 1.165) is 31.3 Å². The quantitative estimate of drug-likeness (QED) is 0.0749. The molecule has 0 spiro atoms. The van der Waals surface area contributed by atoms with Gasteiger partial charge in [0.05, 0.1) is 31.5 Å². The Balaban J connectivity index is 1.42. The summed E-state index contributed by atoms with van der Waals surface area (Å²) >= 11 is 0. The molecule has 10 N–H and O–H groups in total. The Morgan fingerprint density at radius 1 is 0.630 bits per heavy atom. The van der Waals surface area contributed by atoms with Crippen LogP contribution in [0.5, 0.6) is 0 Å². The number of rotatable bonds is 19. The predicted octanol–water partition coefficient (Wildman–Crippen LogP) is -0.405. The van der Waals surface area contributed by atoms with Crippen molar-refractivity contribution in [2.45, 2.75) is 171 Å². The summed E-state index contributed by atoms with van der Waals surface area (Å²) in [6.45, 7) is 12.1. The average Bonchev–Trinajstić information content (AvgIpc) is 3.14. The smallest absolute Gasteiger partial charge is 0.187 e. The van der Waals surface area contributed by atoms with E-state index >= 15 is 0 Å². The van der Waals surface area contributed by atoms with E-state index in [1.807, 2.05) is 19.9 Å². The molecule has 312 valence electrons. The van der Waals surface area contributed by atoms with Gasteiger partial charge >= 0.3 is 0 Å². The summed E-state index contributed by atoms with van der Waals surface area (Å²) in [5.41, 5.74) is 2.33. The summed E-state index contributed by atoms with van der Waals surface area (Å²) < 4.78 is 34.0. The Hall–Kier alpha value is -1.68. The Morgan fingerprint density at radius 2 is 1.15 bits per heavy atom. The summed E-state index contributed by atoms with van der Waals surface area (Å²) in [5.74, 6) is 0. The molecule has 3 heterocycles. The van der Waals surface area contributed by atoms with Gasteiger partial charge in [0.1, 0.15) is 67.1 Å². The van der Waals surface area contributed by atoms with Crippen molar-refractivity contribution in [2.75, 3.05) is 19.8 Å². The van der Waals surface area contributed by atoms with E-state index in [1.165, 1.54) is 18.1 Å². The number of hydrogen-bond donors (Lipinski definition) is 10. The average molecular weight is 777 g/mol. The number of allylic oxidation sites excluding steroid dienone is 5. The van der Waals surface area contributed by atoms with Gasteiger partial charge < -0.3 is 79.5 Å². The van der Waals surface area contributed by atoms with Crippen molar-refractivity contribution in [1.82, 2.24) is 0 Å². The van der Waals surface area contributed by atoms with Gasteiger partial charge in [-0.1, -0.05) is 41.0 Å². The minimum Gasteiger partial charge on any atom is -0.394 e. The van der Waals surface area contributed by atoms with Crippen LogP contribution in [-0.2, 0) is 28.4 Å². The zero-order chi connectivity index (χ0) is 40.3. The summed E-state index contributed by atoms with van der Waals surface area (Å²) in [7, 11) is 0. The van der Waals surface area contributed by atoms with E-state index in [-0.39, 0.29) is 6.61 Å². The molecular weight excluding hydrogens is 712 g/mol. The monoisotopic (exact) mass is 776 g/mol. The SMILES string of the molecule is C=C[C@](C)(CC/C=C(\C)CC/C=C(\C)CC/C=C(/C)CO[C@@H]1O[C@H](CO)[C@@H](O)[C@H](O)[C@H]1O)O[C@@H]1O[C@H](CO)[C@@H](O[C@@H]2O[C@@H](C)[C@H](O)[C@@H](O)[C@H]2O)[C@H](O)[C@H]1O. The molecule has 0 aromatic heterocycles. The third kappa shape index (κ3) is 12.7. The molecule has 16 atom stereocenters. The summed E-state index contributed by atoms with van der Waals surface area (Å²) in [4.78, 5) is 0. The highest BCUT2D eigenvalue weighted by Crippen LogP contribution is 2.33. The van der Waals surface area contributed by atoms with Crippen molar-refractivity contribution in [2.24, 2.45) is 0 Å². The molecule has 0 unspecified atom stereocenters. The van der Waals surface area contributed by atoms with Crippen molar-refractivity contribution in [3.63, 3.8) is 0 Å². The molecule has 16 nitrogen and oxygen atoms in total. The Kier molecular flexibility index (Phi) is 18.8. The fourth-order valence-corrected chi connectivity index (χ4v) is 6.45. The second-order valence-corrected chi connectivity index (χ2v) is 14.9. The maximum atomic E-state index is 11.0. The second kappa shape index (κ2) is 21.7. The number of aliphatic hydroxyl groups is 10. The molecule has 16 heteroatoms. The molecule has 0 aromatic rings. The largest absolute Gasteiger partial charge is 0.394 e. The summed E-state index contributed by atoms with van der Waals surface area (Å²) in [5, 5.41) is 102. The van der Waals surface area contributed by atoms with Crippen molar-refractivity contribution >= 4 is 0 Å². The van der Waals surface area contributed by atoms with E-state index < -0.39 is 111 Å². The van der Waals surface area contributed by atoms with Gasteiger partial charge in [0.2, 0.25) is 0 Å². The topological polar surface area (TPSA) is 258 Å². The fraction of sp³-hybridized carbons (Fsp3) is 0.789. The third-order valence-corrected chi connectivity index (χ3v) is 10.3. The predicted molar refractivity (Wildman–Crippen MR) is 193 cm³/mol. The van der Waals surface area contributed by atoms with Crippen molar-refractivity contribution in [1.29, 1.82) is 0 Å². The zero-order valence-corrected chi connectivity index (χ0v) is 32.0. The van der Waals surface area contributed by atoms with Gasteiger partial charge in [0.15, 0.2) is 18.9 Å². The first-order chi connectivity index (χ1) is 25.5. The van der Waals surface area contributed by atoms with Crippen LogP contribution in [-0.4, -0.2) is 169 Å². The second-order valence-electron chi connectivity index (χ2n) is 14.9. The van der Waals surface area contributed by atoms with E-state index in [2.05, 4.69) is 25.7 Å². The van der Waals surface area contributed by atoms with Gasteiger partial charge in [-0.2, -0.15) is 0 Å². The van der Waals surface area contributed by atoms with Crippen LogP contribution in [0, 0.1) is 0 Å². The lowest BCUT2D eigenvalue weighted by Crippen LogP contribution is -2.64. The molecule has 0 aromatic carbocycles. The van der Waals surface area contributed by atoms with Gasteiger partial charge in [-0.3, -0.25) is 0 Å². The highest BCUT2D eigenvalue weighted by molar-refractivity contribution is 5.07.